The van der Waals surface area contributed by atoms with Gasteiger partial charge in [-0.25, -0.2) is 0 Å². The highest BCUT2D eigenvalue weighted by Gasteiger charge is 2.15. The number of anilines is 2. The van der Waals surface area contributed by atoms with Gasteiger partial charge in [0.25, 0.3) is 0 Å². The van der Waals surface area contributed by atoms with Crippen molar-refractivity contribution in [3.8, 4) is 0 Å². The smallest absolute Gasteiger partial charge is 0.236 e. The minimum Gasteiger partial charge on any atom is -0.368 e. The lowest BCUT2D eigenvalue weighted by Gasteiger charge is -2.26. The van der Waals surface area contributed by atoms with Gasteiger partial charge in [-0.3, -0.25) is 4.79 Å². The summed E-state index contributed by atoms with van der Waals surface area (Å²) in [7, 11) is 0. The van der Waals surface area contributed by atoms with Gasteiger partial charge in [0.05, 0.1) is 6.54 Å². The van der Waals surface area contributed by atoms with Gasteiger partial charge in [-0.05, 0) is 30.9 Å². The molecule has 1 amide bonds. The molecule has 0 radical (unpaired) electrons. The maximum atomic E-state index is 10.7. The number of nitrogens with one attached hydrogen (secondary N) is 1. The van der Waals surface area contributed by atoms with E-state index < -0.39 is 5.91 Å². The SMILES string of the molecule is NC(=O)CNc1nc(Cl)nc(N2CCCCC2)n1. The summed E-state index contributed by atoms with van der Waals surface area (Å²) in [5.41, 5.74) is 5.04. The largest absolute Gasteiger partial charge is 0.368 e. The Morgan fingerprint density at radius 2 is 2.00 bits per heavy atom. The Morgan fingerprint density at radius 1 is 1.28 bits per heavy atom. The molecule has 1 saturated heterocycles. The molecule has 2 rings (SSSR count). The van der Waals surface area contributed by atoms with Crippen molar-refractivity contribution in [3.05, 3.63) is 5.28 Å². The van der Waals surface area contributed by atoms with Crippen LogP contribution in [0.5, 0.6) is 0 Å². The Balaban J connectivity index is 2.12. The predicted molar refractivity (Wildman–Crippen MR) is 68.6 cm³/mol. The van der Waals surface area contributed by atoms with Crippen LogP contribution < -0.4 is 16.0 Å². The van der Waals surface area contributed by atoms with Crippen molar-refractivity contribution in [1.82, 2.24) is 15.0 Å². The number of primary amides is 1. The number of rotatable bonds is 4. The average molecular weight is 271 g/mol. The zero-order valence-electron chi connectivity index (χ0n) is 9.90. The first kappa shape index (κ1) is 12.8. The molecule has 0 saturated carbocycles. The van der Waals surface area contributed by atoms with Crippen LogP contribution in [0.3, 0.4) is 0 Å². The van der Waals surface area contributed by atoms with Crippen molar-refractivity contribution < 1.29 is 4.79 Å². The summed E-state index contributed by atoms with van der Waals surface area (Å²) in [5.74, 6) is 0.335. The standard InChI is InChI=1S/C10H15ClN6O/c11-8-14-9(13-6-7(12)18)16-10(15-8)17-4-2-1-3-5-17/h1-6H2,(H2,12,18)(H,13,14,15,16). The maximum absolute atomic E-state index is 10.7. The molecule has 8 heteroatoms. The van der Waals surface area contributed by atoms with Gasteiger partial charge in [-0.15, -0.1) is 0 Å². The molecule has 1 aromatic rings. The lowest BCUT2D eigenvalue weighted by molar-refractivity contribution is -0.116. The normalized spacial score (nSPS) is 15.5. The van der Waals surface area contributed by atoms with E-state index in [-0.39, 0.29) is 17.8 Å². The molecule has 3 N–H and O–H groups in total. The monoisotopic (exact) mass is 270 g/mol. The summed E-state index contributed by atoms with van der Waals surface area (Å²) < 4.78 is 0. The summed E-state index contributed by atoms with van der Waals surface area (Å²) in [4.78, 5) is 25.0. The first-order valence-corrected chi connectivity index (χ1v) is 6.21. The van der Waals surface area contributed by atoms with Gasteiger partial charge >= 0.3 is 0 Å². The molecule has 0 aliphatic carbocycles. The predicted octanol–water partition coefficient (Wildman–Crippen LogP) is 0.412. The zero-order chi connectivity index (χ0) is 13.0. The highest BCUT2D eigenvalue weighted by atomic mass is 35.5. The number of nitrogens with zero attached hydrogens (tertiary/aromatic N) is 4. The molecule has 0 aromatic carbocycles. The summed E-state index contributed by atoms with van der Waals surface area (Å²) >= 11 is 5.84. The van der Waals surface area contributed by atoms with Gasteiger partial charge in [-0.2, -0.15) is 15.0 Å². The number of carbonyl (C=O) groups is 1. The molecule has 18 heavy (non-hydrogen) atoms. The topological polar surface area (TPSA) is 97.0 Å². The Morgan fingerprint density at radius 3 is 2.67 bits per heavy atom. The van der Waals surface area contributed by atoms with Crippen LogP contribution in [-0.4, -0.2) is 40.5 Å². The molecule has 7 nitrogen and oxygen atoms in total. The molecule has 0 unspecified atom stereocenters. The highest BCUT2D eigenvalue weighted by Crippen LogP contribution is 2.18. The van der Waals surface area contributed by atoms with E-state index >= 15 is 0 Å². The van der Waals surface area contributed by atoms with Crippen LogP contribution in [0.15, 0.2) is 0 Å². The summed E-state index contributed by atoms with van der Waals surface area (Å²) in [5, 5.41) is 2.83. The molecule has 98 valence electrons. The Labute approximate surface area is 110 Å². The van der Waals surface area contributed by atoms with Gasteiger partial charge < -0.3 is 16.0 Å². The number of hydrogen-bond donors (Lipinski definition) is 2. The number of halogens is 1. The molecule has 1 aromatic heterocycles. The third kappa shape index (κ3) is 3.43. The third-order valence-electron chi connectivity index (χ3n) is 2.66. The summed E-state index contributed by atoms with van der Waals surface area (Å²) in [6.07, 6.45) is 3.46. The third-order valence-corrected chi connectivity index (χ3v) is 2.82. The summed E-state index contributed by atoms with van der Waals surface area (Å²) in [6, 6.07) is 0. The molecule has 2 heterocycles. The van der Waals surface area contributed by atoms with Gasteiger partial charge in [0, 0.05) is 13.1 Å². The number of nitrogens with two attached hydrogens (primary N) is 1. The van der Waals surface area contributed by atoms with Crippen molar-refractivity contribution in [1.29, 1.82) is 0 Å². The molecule has 1 fully saturated rings. The number of amides is 1. The fraction of sp³-hybridized carbons (Fsp3) is 0.600. The second-order valence-electron chi connectivity index (χ2n) is 4.10. The van der Waals surface area contributed by atoms with Crippen LogP contribution >= 0.6 is 11.6 Å². The summed E-state index contributed by atoms with van der Waals surface area (Å²) in [6.45, 7) is 1.80. The van der Waals surface area contributed by atoms with Crippen LogP contribution in [-0.2, 0) is 4.79 Å². The fourth-order valence-electron chi connectivity index (χ4n) is 1.82. The minimum absolute atomic E-state index is 0.0280. The molecule has 1 aliphatic heterocycles. The van der Waals surface area contributed by atoms with E-state index in [1.807, 2.05) is 0 Å². The van der Waals surface area contributed by atoms with Crippen LogP contribution in [0.25, 0.3) is 0 Å². The van der Waals surface area contributed by atoms with Crippen molar-refractivity contribution in [2.45, 2.75) is 19.3 Å². The molecular formula is C10H15ClN6O. The Bertz CT molecular complexity index is 434. The second-order valence-corrected chi connectivity index (χ2v) is 4.43. The lowest BCUT2D eigenvalue weighted by atomic mass is 10.1. The van der Waals surface area contributed by atoms with Gasteiger partial charge in [-0.1, -0.05) is 0 Å². The molecular weight excluding hydrogens is 256 g/mol. The molecule has 1 aliphatic rings. The van der Waals surface area contributed by atoms with Gasteiger partial charge in [0.15, 0.2) is 0 Å². The fourth-order valence-corrected chi connectivity index (χ4v) is 1.98. The van der Waals surface area contributed by atoms with Crippen molar-refractivity contribution in [3.63, 3.8) is 0 Å². The van der Waals surface area contributed by atoms with E-state index in [2.05, 4.69) is 25.2 Å². The zero-order valence-corrected chi connectivity index (χ0v) is 10.7. The quantitative estimate of drug-likeness (QED) is 0.823. The number of hydrogen-bond acceptors (Lipinski definition) is 6. The van der Waals surface area contributed by atoms with E-state index in [0.717, 1.165) is 25.9 Å². The van der Waals surface area contributed by atoms with Crippen molar-refractivity contribution >= 4 is 29.4 Å². The number of piperidine rings is 1. The van der Waals surface area contributed by atoms with E-state index in [1.54, 1.807) is 0 Å². The van der Waals surface area contributed by atoms with Gasteiger partial charge in [0.1, 0.15) is 0 Å². The van der Waals surface area contributed by atoms with E-state index in [0.29, 0.717) is 5.95 Å². The minimum atomic E-state index is -0.481. The van der Waals surface area contributed by atoms with Crippen LogP contribution in [0.2, 0.25) is 5.28 Å². The van der Waals surface area contributed by atoms with Crippen LogP contribution in [0.1, 0.15) is 19.3 Å². The van der Waals surface area contributed by atoms with Crippen molar-refractivity contribution in [2.24, 2.45) is 5.73 Å². The molecule has 0 spiro atoms. The number of aromatic nitrogens is 3. The van der Waals surface area contributed by atoms with Gasteiger partial charge in [0.2, 0.25) is 23.1 Å². The molecule has 0 bridgehead atoms. The highest BCUT2D eigenvalue weighted by molar-refractivity contribution is 6.28. The lowest BCUT2D eigenvalue weighted by Crippen LogP contribution is -2.31. The van der Waals surface area contributed by atoms with E-state index in [9.17, 15) is 4.79 Å². The average Bonchev–Trinajstić information content (AvgIpc) is 2.37. The van der Waals surface area contributed by atoms with Crippen LogP contribution in [0, 0.1) is 0 Å². The van der Waals surface area contributed by atoms with Crippen molar-refractivity contribution in [2.75, 3.05) is 29.9 Å². The maximum Gasteiger partial charge on any atom is 0.236 e. The Kier molecular flexibility index (Phi) is 4.14. The van der Waals surface area contributed by atoms with E-state index in [4.69, 9.17) is 17.3 Å². The second kappa shape index (κ2) is 5.81. The first-order valence-electron chi connectivity index (χ1n) is 5.84. The molecule has 0 atom stereocenters. The first-order chi connectivity index (χ1) is 8.65. The van der Waals surface area contributed by atoms with E-state index in [1.165, 1.54) is 6.42 Å². The Hall–Kier alpha value is -1.63. The number of carbonyl (C=O) groups excluding carboxylic acids is 1. The van der Waals surface area contributed by atoms with Crippen LogP contribution in [0.4, 0.5) is 11.9 Å².